The predicted molar refractivity (Wildman–Crippen MR) is 79.6 cm³/mol. The van der Waals surface area contributed by atoms with Crippen molar-refractivity contribution in [1.29, 1.82) is 0 Å². The number of aromatic nitrogens is 1. The zero-order valence-corrected chi connectivity index (χ0v) is 12.6. The molecule has 3 aromatic rings. The maximum Gasteiger partial charge on any atom is 0.419 e. The summed E-state index contributed by atoms with van der Waals surface area (Å²) in [6.07, 6.45) is -1.14. The maximum absolute atomic E-state index is 13.8. The van der Waals surface area contributed by atoms with Gasteiger partial charge in [-0.05, 0) is 35.9 Å². The molecule has 0 saturated heterocycles. The van der Waals surface area contributed by atoms with Crippen molar-refractivity contribution in [3.8, 4) is 0 Å². The van der Waals surface area contributed by atoms with Crippen LogP contribution in [0.25, 0.3) is 11.1 Å². The summed E-state index contributed by atoms with van der Waals surface area (Å²) in [7, 11) is 1.60. The summed E-state index contributed by atoms with van der Waals surface area (Å²) in [6, 6.07) is 9.21. The van der Waals surface area contributed by atoms with Gasteiger partial charge in [-0.15, -0.1) is 0 Å². The molecule has 6 heteroatoms. The molecule has 0 saturated carbocycles. The number of fused-ring (bicyclic) bond motifs is 1. The molecule has 0 bridgehead atoms. The lowest BCUT2D eigenvalue weighted by molar-refractivity contribution is 0.215. The molecule has 1 atom stereocenters. The number of halogens is 2. The van der Waals surface area contributed by atoms with Gasteiger partial charge in [-0.3, -0.25) is 4.57 Å². The highest BCUT2D eigenvalue weighted by atomic mass is 79.9. The molecule has 21 heavy (non-hydrogen) atoms. The lowest BCUT2D eigenvalue weighted by atomic mass is 10.0. The minimum absolute atomic E-state index is 0.155. The standard InChI is InChI=1S/C15H11BrFNO3/c1-18-12-5-2-8(6-13(12)21-15(18)20)14(19)10-7-9(16)3-4-11(10)17/h2-7,14,19H,1H3. The van der Waals surface area contributed by atoms with Gasteiger partial charge in [-0.25, -0.2) is 9.18 Å². The first-order chi connectivity index (χ1) is 9.97. The number of hydrogen-bond donors (Lipinski definition) is 1. The van der Waals surface area contributed by atoms with E-state index in [9.17, 15) is 14.3 Å². The second kappa shape index (κ2) is 5.13. The molecule has 0 fully saturated rings. The highest BCUT2D eigenvalue weighted by Crippen LogP contribution is 2.28. The maximum atomic E-state index is 13.8. The Hall–Kier alpha value is -1.92. The van der Waals surface area contributed by atoms with Gasteiger partial charge in [0.15, 0.2) is 5.58 Å². The minimum atomic E-state index is -1.14. The van der Waals surface area contributed by atoms with Crippen LogP contribution in [-0.2, 0) is 7.05 Å². The number of aliphatic hydroxyl groups excluding tert-OH is 1. The SMILES string of the molecule is Cn1c(=O)oc2cc(C(O)c3cc(Br)ccc3F)ccc21. The van der Waals surface area contributed by atoms with Gasteiger partial charge in [-0.2, -0.15) is 0 Å². The third kappa shape index (κ3) is 2.41. The minimum Gasteiger partial charge on any atom is -0.408 e. The predicted octanol–water partition coefficient (Wildman–Crippen LogP) is 3.11. The molecular weight excluding hydrogens is 341 g/mol. The van der Waals surface area contributed by atoms with Gasteiger partial charge in [-0.1, -0.05) is 22.0 Å². The lowest BCUT2D eigenvalue weighted by Gasteiger charge is -2.12. The summed E-state index contributed by atoms with van der Waals surface area (Å²) in [4.78, 5) is 11.5. The van der Waals surface area contributed by atoms with Crippen LogP contribution in [0.1, 0.15) is 17.2 Å². The number of rotatable bonds is 2. The van der Waals surface area contributed by atoms with Crippen LogP contribution in [0.15, 0.2) is 50.1 Å². The first-order valence-electron chi connectivity index (χ1n) is 6.20. The van der Waals surface area contributed by atoms with Gasteiger partial charge < -0.3 is 9.52 Å². The molecule has 1 aromatic heterocycles. The van der Waals surface area contributed by atoms with E-state index in [0.717, 1.165) is 0 Å². The van der Waals surface area contributed by atoms with Crippen molar-refractivity contribution in [2.24, 2.45) is 7.05 Å². The van der Waals surface area contributed by atoms with E-state index in [1.165, 1.54) is 16.7 Å². The Morgan fingerprint density at radius 2 is 2.05 bits per heavy atom. The van der Waals surface area contributed by atoms with E-state index in [-0.39, 0.29) is 5.56 Å². The molecule has 0 radical (unpaired) electrons. The van der Waals surface area contributed by atoms with Crippen LogP contribution >= 0.6 is 15.9 Å². The van der Waals surface area contributed by atoms with Crippen molar-refractivity contribution < 1.29 is 13.9 Å². The van der Waals surface area contributed by atoms with E-state index in [2.05, 4.69) is 15.9 Å². The van der Waals surface area contributed by atoms with Gasteiger partial charge in [0.2, 0.25) is 0 Å². The van der Waals surface area contributed by atoms with Crippen molar-refractivity contribution in [1.82, 2.24) is 4.57 Å². The topological polar surface area (TPSA) is 55.4 Å². The van der Waals surface area contributed by atoms with E-state index >= 15 is 0 Å². The number of benzene rings is 2. The fraction of sp³-hybridized carbons (Fsp3) is 0.133. The van der Waals surface area contributed by atoms with Crippen LogP contribution < -0.4 is 5.76 Å². The molecule has 1 N–H and O–H groups in total. The van der Waals surface area contributed by atoms with Gasteiger partial charge >= 0.3 is 5.76 Å². The third-order valence-electron chi connectivity index (χ3n) is 3.38. The monoisotopic (exact) mass is 351 g/mol. The molecular formula is C15H11BrFNO3. The summed E-state index contributed by atoms with van der Waals surface area (Å²) in [5.74, 6) is -0.981. The van der Waals surface area contributed by atoms with E-state index in [0.29, 0.717) is 21.1 Å². The van der Waals surface area contributed by atoms with Crippen molar-refractivity contribution in [3.05, 3.63) is 68.4 Å². The Bertz CT molecular complexity index is 884. The zero-order chi connectivity index (χ0) is 15.1. The number of oxazole rings is 1. The Kier molecular flexibility index (Phi) is 3.43. The Morgan fingerprint density at radius 1 is 1.29 bits per heavy atom. The first kappa shape index (κ1) is 14.0. The molecule has 108 valence electrons. The second-order valence-corrected chi connectivity index (χ2v) is 5.64. The van der Waals surface area contributed by atoms with Gasteiger partial charge in [0.05, 0.1) is 5.52 Å². The molecule has 4 nitrogen and oxygen atoms in total. The Labute approximate surface area is 127 Å². The largest absolute Gasteiger partial charge is 0.419 e. The van der Waals surface area contributed by atoms with Crippen LogP contribution in [-0.4, -0.2) is 9.67 Å². The quantitative estimate of drug-likeness (QED) is 0.771. The van der Waals surface area contributed by atoms with E-state index in [4.69, 9.17) is 4.42 Å². The summed E-state index contributed by atoms with van der Waals surface area (Å²) >= 11 is 3.25. The molecule has 1 unspecified atom stereocenters. The van der Waals surface area contributed by atoms with E-state index in [1.54, 1.807) is 31.3 Å². The zero-order valence-electron chi connectivity index (χ0n) is 11.0. The summed E-state index contributed by atoms with van der Waals surface area (Å²) in [5, 5.41) is 10.3. The van der Waals surface area contributed by atoms with Gasteiger partial charge in [0.1, 0.15) is 11.9 Å². The van der Waals surface area contributed by atoms with E-state index in [1.807, 2.05) is 0 Å². The fourth-order valence-electron chi connectivity index (χ4n) is 2.22. The van der Waals surface area contributed by atoms with Gasteiger partial charge in [0.25, 0.3) is 0 Å². The summed E-state index contributed by atoms with van der Waals surface area (Å²) in [5.41, 5.74) is 1.58. The lowest BCUT2D eigenvalue weighted by Crippen LogP contribution is -2.08. The third-order valence-corrected chi connectivity index (χ3v) is 3.88. The number of aryl methyl sites for hydroxylation is 1. The number of hydrogen-bond acceptors (Lipinski definition) is 3. The van der Waals surface area contributed by atoms with Crippen LogP contribution in [0.4, 0.5) is 4.39 Å². The number of nitrogens with zero attached hydrogens (tertiary/aromatic N) is 1. The van der Waals surface area contributed by atoms with Gasteiger partial charge in [0, 0.05) is 17.1 Å². The van der Waals surface area contributed by atoms with Crippen LogP contribution in [0.2, 0.25) is 0 Å². The van der Waals surface area contributed by atoms with Crippen LogP contribution in [0.5, 0.6) is 0 Å². The number of aliphatic hydroxyl groups is 1. The molecule has 3 rings (SSSR count). The normalized spacial score (nSPS) is 12.8. The molecule has 0 amide bonds. The second-order valence-electron chi connectivity index (χ2n) is 4.72. The Morgan fingerprint density at radius 3 is 2.81 bits per heavy atom. The smallest absolute Gasteiger partial charge is 0.408 e. The summed E-state index contributed by atoms with van der Waals surface area (Å²) in [6.45, 7) is 0. The van der Waals surface area contributed by atoms with Crippen molar-refractivity contribution in [2.45, 2.75) is 6.10 Å². The highest BCUT2D eigenvalue weighted by Gasteiger charge is 2.17. The fourth-order valence-corrected chi connectivity index (χ4v) is 2.60. The first-order valence-corrected chi connectivity index (χ1v) is 6.99. The molecule has 0 aliphatic carbocycles. The molecule has 0 spiro atoms. The highest BCUT2D eigenvalue weighted by molar-refractivity contribution is 9.10. The van der Waals surface area contributed by atoms with Crippen molar-refractivity contribution in [3.63, 3.8) is 0 Å². The molecule has 0 aliphatic heterocycles. The average molecular weight is 352 g/mol. The Balaban J connectivity index is 2.11. The summed E-state index contributed by atoms with van der Waals surface area (Å²) < 4.78 is 20.9. The van der Waals surface area contributed by atoms with Crippen molar-refractivity contribution >= 4 is 27.0 Å². The molecule has 1 heterocycles. The average Bonchev–Trinajstić information content (AvgIpc) is 2.75. The molecule has 2 aromatic carbocycles. The van der Waals surface area contributed by atoms with Crippen molar-refractivity contribution in [2.75, 3.05) is 0 Å². The van der Waals surface area contributed by atoms with Crippen LogP contribution in [0.3, 0.4) is 0 Å². The van der Waals surface area contributed by atoms with E-state index < -0.39 is 17.7 Å². The molecule has 0 aliphatic rings. The van der Waals surface area contributed by atoms with Crippen LogP contribution in [0, 0.1) is 5.82 Å².